The molecule has 0 aromatic carbocycles. The number of aromatic amines is 1. The third-order valence-electron chi connectivity index (χ3n) is 1.94. The van der Waals surface area contributed by atoms with Gasteiger partial charge in [0.1, 0.15) is 5.82 Å². The van der Waals surface area contributed by atoms with Crippen LogP contribution in [-0.2, 0) is 5.88 Å². The minimum absolute atomic E-state index is 0.0886. The van der Waals surface area contributed by atoms with Gasteiger partial charge in [-0.05, 0) is 6.92 Å². The molecule has 0 aliphatic rings. The first kappa shape index (κ1) is 10.3. The molecule has 1 aromatic heterocycles. The third-order valence-corrected chi connectivity index (χ3v) is 2.20. The van der Waals surface area contributed by atoms with Crippen molar-refractivity contribution in [2.24, 2.45) is 0 Å². The fourth-order valence-electron chi connectivity index (χ4n) is 1.00. The van der Waals surface area contributed by atoms with Crippen molar-refractivity contribution < 1.29 is 0 Å². The van der Waals surface area contributed by atoms with Crippen LogP contribution in [0.3, 0.4) is 0 Å². The lowest BCUT2D eigenvalue weighted by molar-refractivity contribution is 0.751. The number of hydrogen-bond donors (Lipinski definition) is 1. The molecule has 1 rings (SSSR count). The summed E-state index contributed by atoms with van der Waals surface area (Å²) >= 11 is 5.67. The molecular weight excluding hydrogens is 188 g/mol. The molecule has 1 N–H and O–H groups in total. The van der Waals surface area contributed by atoms with Crippen LogP contribution in [0.2, 0.25) is 0 Å². The predicted molar refractivity (Wildman–Crippen MR) is 53.2 cm³/mol. The van der Waals surface area contributed by atoms with Gasteiger partial charge in [-0.3, -0.25) is 4.79 Å². The Morgan fingerprint density at radius 3 is 2.62 bits per heavy atom. The van der Waals surface area contributed by atoms with Crippen LogP contribution in [0.5, 0.6) is 0 Å². The van der Waals surface area contributed by atoms with E-state index in [0.717, 1.165) is 0 Å². The Bertz CT molecular complexity index is 357. The van der Waals surface area contributed by atoms with Crippen molar-refractivity contribution in [1.29, 1.82) is 0 Å². The average Bonchev–Trinajstić information content (AvgIpc) is 2.09. The number of nitrogens with zero attached hydrogens (tertiary/aromatic N) is 1. The summed E-state index contributed by atoms with van der Waals surface area (Å²) < 4.78 is 0. The molecule has 0 amide bonds. The van der Waals surface area contributed by atoms with Gasteiger partial charge in [0.15, 0.2) is 0 Å². The summed E-state index contributed by atoms with van der Waals surface area (Å²) in [4.78, 5) is 18.4. The number of aromatic nitrogens is 2. The van der Waals surface area contributed by atoms with Gasteiger partial charge in [0.25, 0.3) is 5.56 Å². The number of alkyl halides is 1. The first-order valence-corrected chi connectivity index (χ1v) is 4.75. The Hall–Kier alpha value is -0.830. The number of rotatable bonds is 2. The van der Waals surface area contributed by atoms with E-state index in [1.54, 1.807) is 6.92 Å². The molecule has 0 radical (unpaired) electrons. The van der Waals surface area contributed by atoms with E-state index in [9.17, 15) is 4.79 Å². The molecule has 0 spiro atoms. The van der Waals surface area contributed by atoms with Gasteiger partial charge in [-0.1, -0.05) is 13.8 Å². The first-order chi connectivity index (χ1) is 6.06. The molecular formula is C9H13ClN2O. The summed E-state index contributed by atoms with van der Waals surface area (Å²) in [5.74, 6) is 1.21. The van der Waals surface area contributed by atoms with E-state index >= 15 is 0 Å². The smallest absolute Gasteiger partial charge is 0.254 e. The number of nitrogens with one attached hydrogen (secondary N) is 1. The second kappa shape index (κ2) is 3.92. The fraction of sp³-hybridized carbons (Fsp3) is 0.556. The quantitative estimate of drug-likeness (QED) is 0.742. The molecule has 0 bridgehead atoms. The lowest BCUT2D eigenvalue weighted by Gasteiger charge is -2.07. The molecule has 3 nitrogen and oxygen atoms in total. The zero-order valence-corrected chi connectivity index (χ0v) is 8.77. The zero-order valence-electron chi connectivity index (χ0n) is 8.02. The Morgan fingerprint density at radius 2 is 2.15 bits per heavy atom. The van der Waals surface area contributed by atoms with Gasteiger partial charge < -0.3 is 4.98 Å². The monoisotopic (exact) mass is 200 g/mol. The van der Waals surface area contributed by atoms with Crippen molar-refractivity contribution in [1.82, 2.24) is 9.97 Å². The Balaban J connectivity index is 3.31. The van der Waals surface area contributed by atoms with Gasteiger partial charge in [0, 0.05) is 11.5 Å². The highest BCUT2D eigenvalue weighted by Gasteiger charge is 2.08. The van der Waals surface area contributed by atoms with Crippen LogP contribution in [0.25, 0.3) is 0 Å². The highest BCUT2D eigenvalue weighted by atomic mass is 35.5. The first-order valence-electron chi connectivity index (χ1n) is 4.22. The van der Waals surface area contributed by atoms with Crippen LogP contribution < -0.4 is 5.56 Å². The Kier molecular flexibility index (Phi) is 3.09. The molecule has 13 heavy (non-hydrogen) atoms. The van der Waals surface area contributed by atoms with Gasteiger partial charge in [0.05, 0.1) is 11.6 Å². The highest BCUT2D eigenvalue weighted by molar-refractivity contribution is 6.16. The highest BCUT2D eigenvalue weighted by Crippen LogP contribution is 2.09. The second-order valence-electron chi connectivity index (χ2n) is 3.31. The van der Waals surface area contributed by atoms with E-state index in [1.807, 2.05) is 13.8 Å². The van der Waals surface area contributed by atoms with Gasteiger partial charge in [-0.15, -0.1) is 11.6 Å². The van der Waals surface area contributed by atoms with Gasteiger partial charge in [0.2, 0.25) is 0 Å². The van der Waals surface area contributed by atoms with E-state index in [0.29, 0.717) is 17.1 Å². The maximum Gasteiger partial charge on any atom is 0.254 e. The van der Waals surface area contributed by atoms with E-state index in [2.05, 4.69) is 9.97 Å². The van der Waals surface area contributed by atoms with E-state index < -0.39 is 0 Å². The van der Waals surface area contributed by atoms with Crippen molar-refractivity contribution in [2.75, 3.05) is 0 Å². The maximum atomic E-state index is 11.4. The van der Waals surface area contributed by atoms with E-state index in [1.165, 1.54) is 0 Å². The average molecular weight is 201 g/mol. The van der Waals surface area contributed by atoms with Crippen LogP contribution in [0.1, 0.15) is 36.8 Å². The number of H-pyrrole nitrogens is 1. The SMILES string of the molecule is Cc1c(CCl)nc(C(C)C)[nH]c1=O. The van der Waals surface area contributed by atoms with E-state index in [-0.39, 0.29) is 17.4 Å². The lowest BCUT2D eigenvalue weighted by atomic mass is 10.2. The molecule has 0 aliphatic carbocycles. The van der Waals surface area contributed by atoms with Crippen LogP contribution in [0.15, 0.2) is 4.79 Å². The molecule has 1 aromatic rings. The Labute approximate surface area is 82.2 Å². The number of halogens is 1. The fourth-order valence-corrected chi connectivity index (χ4v) is 1.26. The Morgan fingerprint density at radius 1 is 1.54 bits per heavy atom. The van der Waals surface area contributed by atoms with Crippen LogP contribution >= 0.6 is 11.6 Å². The molecule has 72 valence electrons. The maximum absolute atomic E-state index is 11.4. The van der Waals surface area contributed by atoms with Crippen LogP contribution in [-0.4, -0.2) is 9.97 Å². The molecule has 0 saturated carbocycles. The van der Waals surface area contributed by atoms with Gasteiger partial charge >= 0.3 is 0 Å². The van der Waals surface area contributed by atoms with Crippen molar-refractivity contribution in [3.63, 3.8) is 0 Å². The van der Waals surface area contributed by atoms with Gasteiger partial charge in [-0.25, -0.2) is 4.98 Å². The van der Waals surface area contributed by atoms with Crippen molar-refractivity contribution in [3.8, 4) is 0 Å². The summed E-state index contributed by atoms with van der Waals surface area (Å²) in [5, 5.41) is 0. The molecule has 4 heteroatoms. The normalized spacial score (nSPS) is 10.8. The summed E-state index contributed by atoms with van der Waals surface area (Å²) in [6, 6.07) is 0. The van der Waals surface area contributed by atoms with Crippen molar-refractivity contribution >= 4 is 11.6 Å². The van der Waals surface area contributed by atoms with Gasteiger partial charge in [-0.2, -0.15) is 0 Å². The molecule has 0 unspecified atom stereocenters. The summed E-state index contributed by atoms with van der Waals surface area (Å²) in [5.41, 5.74) is 1.20. The summed E-state index contributed by atoms with van der Waals surface area (Å²) in [6.45, 7) is 5.69. The summed E-state index contributed by atoms with van der Waals surface area (Å²) in [6.07, 6.45) is 0. The minimum atomic E-state index is -0.0886. The lowest BCUT2D eigenvalue weighted by Crippen LogP contribution is -2.17. The molecule has 1 heterocycles. The largest absolute Gasteiger partial charge is 0.310 e. The van der Waals surface area contributed by atoms with Crippen molar-refractivity contribution in [2.45, 2.75) is 32.6 Å². The second-order valence-corrected chi connectivity index (χ2v) is 3.58. The summed E-state index contributed by atoms with van der Waals surface area (Å²) in [7, 11) is 0. The standard InChI is InChI=1S/C9H13ClN2O/c1-5(2)8-11-7(4-10)6(3)9(13)12-8/h5H,4H2,1-3H3,(H,11,12,13). The van der Waals surface area contributed by atoms with E-state index in [4.69, 9.17) is 11.6 Å². The zero-order chi connectivity index (χ0) is 10.0. The van der Waals surface area contributed by atoms with Crippen LogP contribution in [0, 0.1) is 6.92 Å². The minimum Gasteiger partial charge on any atom is -0.310 e. The topological polar surface area (TPSA) is 45.8 Å². The van der Waals surface area contributed by atoms with Crippen LogP contribution in [0.4, 0.5) is 0 Å². The predicted octanol–water partition coefficient (Wildman–Crippen LogP) is 1.94. The molecule has 0 aliphatic heterocycles. The van der Waals surface area contributed by atoms with Crippen molar-refractivity contribution in [3.05, 3.63) is 27.4 Å². The molecule has 0 fully saturated rings. The number of hydrogen-bond acceptors (Lipinski definition) is 2. The third kappa shape index (κ3) is 2.10. The molecule has 0 atom stereocenters. The molecule has 0 saturated heterocycles.